The summed E-state index contributed by atoms with van der Waals surface area (Å²) in [6, 6.07) is 7.86. The number of benzene rings is 1. The lowest BCUT2D eigenvalue weighted by atomic mass is 10.1. The first-order valence-electron chi connectivity index (χ1n) is 7.85. The minimum Gasteiger partial charge on any atom is -0.313 e. The SMILES string of the molecule is CCC(NC)c1cccc(S(=O)(=O)N2CC3CCC2C3)c1. The molecule has 1 N–H and O–H groups in total. The Morgan fingerprint density at radius 1 is 1.38 bits per heavy atom. The molecule has 0 radical (unpaired) electrons. The van der Waals surface area contributed by atoms with Gasteiger partial charge in [0.2, 0.25) is 10.0 Å². The van der Waals surface area contributed by atoms with E-state index >= 15 is 0 Å². The lowest BCUT2D eigenvalue weighted by molar-refractivity contribution is 0.333. The summed E-state index contributed by atoms with van der Waals surface area (Å²) in [6.45, 7) is 2.81. The van der Waals surface area contributed by atoms with Crippen LogP contribution in [0.3, 0.4) is 0 Å². The molecule has 0 aromatic heterocycles. The number of hydrogen-bond donors (Lipinski definition) is 1. The Morgan fingerprint density at radius 3 is 2.76 bits per heavy atom. The van der Waals surface area contributed by atoms with Gasteiger partial charge in [-0.15, -0.1) is 0 Å². The first-order chi connectivity index (χ1) is 10.1. The summed E-state index contributed by atoms with van der Waals surface area (Å²) < 4.78 is 27.5. The lowest BCUT2D eigenvalue weighted by Gasteiger charge is -2.26. The van der Waals surface area contributed by atoms with E-state index in [-0.39, 0.29) is 12.1 Å². The highest BCUT2D eigenvalue weighted by atomic mass is 32.2. The van der Waals surface area contributed by atoms with E-state index in [2.05, 4.69) is 12.2 Å². The van der Waals surface area contributed by atoms with E-state index < -0.39 is 10.0 Å². The van der Waals surface area contributed by atoms with Crippen LogP contribution in [0, 0.1) is 5.92 Å². The fourth-order valence-corrected chi connectivity index (χ4v) is 5.60. The molecule has 3 unspecified atom stereocenters. The Morgan fingerprint density at radius 2 is 2.19 bits per heavy atom. The zero-order chi connectivity index (χ0) is 15.0. The molecule has 2 bridgehead atoms. The van der Waals surface area contributed by atoms with E-state index in [0.29, 0.717) is 17.4 Å². The van der Waals surface area contributed by atoms with Gasteiger partial charge >= 0.3 is 0 Å². The van der Waals surface area contributed by atoms with Crippen LogP contribution in [0.5, 0.6) is 0 Å². The number of rotatable bonds is 5. The summed E-state index contributed by atoms with van der Waals surface area (Å²) in [5.41, 5.74) is 1.05. The van der Waals surface area contributed by atoms with Crippen molar-refractivity contribution in [1.82, 2.24) is 9.62 Å². The standard InChI is InChI=1S/C16H24N2O2S/c1-3-16(17-2)13-5-4-6-15(10-13)21(19,20)18-11-12-7-8-14(18)9-12/h4-6,10,12,14,16-17H,3,7-9,11H2,1-2H3. The normalized spacial score (nSPS) is 27.1. The first-order valence-corrected chi connectivity index (χ1v) is 9.29. The van der Waals surface area contributed by atoms with Gasteiger partial charge in [0, 0.05) is 18.6 Å². The third-order valence-electron chi connectivity index (χ3n) is 4.98. The fraction of sp³-hybridized carbons (Fsp3) is 0.625. The Hall–Kier alpha value is -0.910. The molecule has 21 heavy (non-hydrogen) atoms. The lowest BCUT2D eigenvalue weighted by Crippen LogP contribution is -2.37. The highest BCUT2D eigenvalue weighted by Gasteiger charge is 2.44. The van der Waals surface area contributed by atoms with E-state index in [1.54, 1.807) is 10.4 Å². The fourth-order valence-electron chi connectivity index (χ4n) is 3.81. The molecule has 0 amide bonds. The van der Waals surface area contributed by atoms with Crippen LogP contribution in [0.2, 0.25) is 0 Å². The second-order valence-corrected chi connectivity index (χ2v) is 8.12. The molecule has 3 rings (SSSR count). The van der Waals surface area contributed by atoms with Crippen LogP contribution in [0.15, 0.2) is 29.2 Å². The Labute approximate surface area is 127 Å². The first kappa shape index (κ1) is 15.0. The topological polar surface area (TPSA) is 49.4 Å². The monoisotopic (exact) mass is 308 g/mol. The van der Waals surface area contributed by atoms with Gasteiger partial charge < -0.3 is 5.32 Å². The molecule has 2 aliphatic rings. The quantitative estimate of drug-likeness (QED) is 0.909. The predicted octanol–water partition coefficient (Wildman–Crippen LogP) is 2.53. The van der Waals surface area contributed by atoms with Gasteiger partial charge in [-0.2, -0.15) is 4.31 Å². The van der Waals surface area contributed by atoms with Crippen molar-refractivity contribution in [2.75, 3.05) is 13.6 Å². The summed E-state index contributed by atoms with van der Waals surface area (Å²) in [6.07, 6.45) is 4.20. The van der Waals surface area contributed by atoms with Crippen molar-refractivity contribution < 1.29 is 8.42 Å². The molecule has 2 fully saturated rings. The summed E-state index contributed by atoms with van der Waals surface area (Å²) in [7, 11) is -1.42. The maximum atomic E-state index is 12.9. The van der Waals surface area contributed by atoms with Crippen molar-refractivity contribution in [3.8, 4) is 0 Å². The number of nitrogens with zero attached hydrogens (tertiary/aromatic N) is 1. The van der Waals surface area contributed by atoms with Crippen molar-refractivity contribution in [3.63, 3.8) is 0 Å². The molecule has 3 atom stereocenters. The van der Waals surface area contributed by atoms with Gasteiger partial charge in [-0.25, -0.2) is 8.42 Å². The molecule has 1 aliphatic heterocycles. The minimum absolute atomic E-state index is 0.204. The minimum atomic E-state index is -3.34. The zero-order valence-corrected chi connectivity index (χ0v) is 13.6. The second-order valence-electron chi connectivity index (χ2n) is 6.23. The summed E-state index contributed by atoms with van der Waals surface area (Å²) in [5.74, 6) is 0.577. The molecule has 1 saturated carbocycles. The van der Waals surface area contributed by atoms with Crippen LogP contribution < -0.4 is 5.32 Å². The van der Waals surface area contributed by atoms with E-state index in [1.165, 1.54) is 6.42 Å². The highest BCUT2D eigenvalue weighted by Crippen LogP contribution is 2.40. The van der Waals surface area contributed by atoms with Crippen molar-refractivity contribution in [2.45, 2.75) is 49.6 Å². The van der Waals surface area contributed by atoms with Crippen molar-refractivity contribution in [1.29, 1.82) is 0 Å². The summed E-state index contributed by atoms with van der Waals surface area (Å²) in [4.78, 5) is 0.446. The second kappa shape index (κ2) is 5.71. The number of piperidine rings is 1. The average molecular weight is 308 g/mol. The van der Waals surface area contributed by atoms with Gasteiger partial charge in [0.1, 0.15) is 0 Å². The molecule has 5 heteroatoms. The summed E-state index contributed by atoms with van der Waals surface area (Å²) >= 11 is 0. The van der Waals surface area contributed by atoms with Crippen LogP contribution in [0.25, 0.3) is 0 Å². The molecule has 1 aromatic rings. The Kier molecular flexibility index (Phi) is 4.08. The van der Waals surface area contributed by atoms with Crippen molar-refractivity contribution >= 4 is 10.0 Å². The smallest absolute Gasteiger partial charge is 0.243 e. The largest absolute Gasteiger partial charge is 0.313 e. The Balaban J connectivity index is 1.91. The van der Waals surface area contributed by atoms with Gasteiger partial charge in [-0.1, -0.05) is 19.1 Å². The van der Waals surface area contributed by atoms with Gasteiger partial charge in [0.15, 0.2) is 0 Å². The van der Waals surface area contributed by atoms with Crippen LogP contribution in [0.1, 0.15) is 44.2 Å². The van der Waals surface area contributed by atoms with Gasteiger partial charge in [0.25, 0.3) is 0 Å². The molecule has 1 aliphatic carbocycles. The van der Waals surface area contributed by atoms with Crippen LogP contribution in [-0.2, 0) is 10.0 Å². The van der Waals surface area contributed by atoms with Crippen molar-refractivity contribution in [2.24, 2.45) is 5.92 Å². The van der Waals surface area contributed by atoms with Crippen LogP contribution in [0.4, 0.5) is 0 Å². The molecular weight excluding hydrogens is 284 g/mol. The van der Waals surface area contributed by atoms with E-state index in [0.717, 1.165) is 24.8 Å². The summed E-state index contributed by atoms with van der Waals surface area (Å²) in [5, 5.41) is 3.23. The van der Waals surface area contributed by atoms with Gasteiger partial charge in [-0.3, -0.25) is 0 Å². The van der Waals surface area contributed by atoms with Crippen LogP contribution >= 0.6 is 0 Å². The number of hydrogen-bond acceptors (Lipinski definition) is 3. The average Bonchev–Trinajstić information content (AvgIpc) is 3.12. The van der Waals surface area contributed by atoms with E-state index in [1.807, 2.05) is 25.2 Å². The predicted molar refractivity (Wildman–Crippen MR) is 83.6 cm³/mol. The van der Waals surface area contributed by atoms with Gasteiger partial charge in [0.05, 0.1) is 4.90 Å². The highest BCUT2D eigenvalue weighted by molar-refractivity contribution is 7.89. The van der Waals surface area contributed by atoms with Gasteiger partial charge in [-0.05, 0) is 56.3 Å². The third kappa shape index (κ3) is 2.62. The number of fused-ring (bicyclic) bond motifs is 2. The third-order valence-corrected chi connectivity index (χ3v) is 6.90. The van der Waals surface area contributed by atoms with E-state index in [9.17, 15) is 8.42 Å². The maximum Gasteiger partial charge on any atom is 0.243 e. The molecule has 0 spiro atoms. The van der Waals surface area contributed by atoms with Crippen LogP contribution in [-0.4, -0.2) is 32.4 Å². The molecule has 4 nitrogen and oxygen atoms in total. The number of sulfonamides is 1. The molecule has 1 saturated heterocycles. The maximum absolute atomic E-state index is 12.9. The van der Waals surface area contributed by atoms with E-state index in [4.69, 9.17) is 0 Å². The Bertz CT molecular complexity index is 610. The molecular formula is C16H24N2O2S. The molecule has 1 aromatic carbocycles. The van der Waals surface area contributed by atoms with Crippen molar-refractivity contribution in [3.05, 3.63) is 29.8 Å². The molecule has 116 valence electrons. The zero-order valence-electron chi connectivity index (χ0n) is 12.7. The number of nitrogens with one attached hydrogen (secondary N) is 1. The molecule has 1 heterocycles.